The van der Waals surface area contributed by atoms with Gasteiger partial charge in [-0.25, -0.2) is 0 Å². The molecule has 0 bridgehead atoms. The molecule has 0 saturated carbocycles. The van der Waals surface area contributed by atoms with E-state index in [1.807, 2.05) is 6.92 Å². The molecule has 0 atom stereocenters. The summed E-state index contributed by atoms with van der Waals surface area (Å²) in [5.74, 6) is 0.502. The van der Waals surface area contributed by atoms with E-state index < -0.39 is 0 Å². The minimum atomic E-state index is -0.328. The summed E-state index contributed by atoms with van der Waals surface area (Å²) in [5.41, 5.74) is -0.328. The first-order chi connectivity index (χ1) is 5.30. The first kappa shape index (κ1) is 14.9. The van der Waals surface area contributed by atoms with Gasteiger partial charge in [0, 0.05) is 6.92 Å². The molecule has 0 spiro atoms. The Hall–Kier alpha value is -0.570. The lowest BCUT2D eigenvalue weighted by Gasteiger charge is -2.36. The van der Waals surface area contributed by atoms with Crippen LogP contribution in [0, 0.1) is 11.8 Å². The van der Waals surface area contributed by atoms with Crippen molar-refractivity contribution >= 4 is 5.97 Å². The van der Waals surface area contributed by atoms with Gasteiger partial charge in [-0.15, -0.1) is 0 Å². The van der Waals surface area contributed by atoms with Gasteiger partial charge in [0.1, 0.15) is 5.60 Å². The van der Waals surface area contributed by atoms with Crippen LogP contribution in [0.3, 0.4) is 0 Å². The molecule has 0 saturated heterocycles. The molecule has 0 aromatic rings. The van der Waals surface area contributed by atoms with Crippen LogP contribution >= 0.6 is 0 Å². The Kier molecular flexibility index (Phi) is 6.00. The highest BCUT2D eigenvalue weighted by molar-refractivity contribution is 5.66. The smallest absolute Gasteiger partial charge is 0.303 e. The lowest BCUT2D eigenvalue weighted by atomic mass is 9.82. The predicted octanol–water partition coefficient (Wildman–Crippen LogP) is 2.78. The van der Waals surface area contributed by atoms with E-state index in [2.05, 4.69) is 27.7 Å². The minimum absolute atomic E-state index is 0. The van der Waals surface area contributed by atoms with Gasteiger partial charge in [0.15, 0.2) is 0 Å². The molecule has 0 aromatic heterocycles. The molecule has 0 amide bonds. The zero-order valence-corrected chi connectivity index (χ0v) is 9.68. The Morgan fingerprint density at radius 3 is 1.54 bits per heavy atom. The van der Waals surface area contributed by atoms with Gasteiger partial charge in [-0.1, -0.05) is 27.7 Å². The van der Waals surface area contributed by atoms with E-state index in [1.165, 1.54) is 6.92 Å². The highest BCUT2D eigenvalue weighted by Crippen LogP contribution is 2.29. The molecule has 3 nitrogen and oxygen atoms in total. The van der Waals surface area contributed by atoms with Gasteiger partial charge in [0.2, 0.25) is 0 Å². The number of rotatable bonds is 3. The lowest BCUT2D eigenvalue weighted by Crippen LogP contribution is -2.41. The highest BCUT2D eigenvalue weighted by Gasteiger charge is 2.34. The maximum absolute atomic E-state index is 10.8. The molecule has 0 radical (unpaired) electrons. The van der Waals surface area contributed by atoms with E-state index in [-0.39, 0.29) is 17.7 Å². The maximum atomic E-state index is 10.8. The largest absolute Gasteiger partial charge is 0.459 e. The summed E-state index contributed by atoms with van der Waals surface area (Å²) in [4.78, 5) is 10.8. The second-order valence-corrected chi connectivity index (χ2v) is 4.09. The summed E-state index contributed by atoms with van der Waals surface area (Å²) < 4.78 is 5.32. The van der Waals surface area contributed by atoms with E-state index in [4.69, 9.17) is 4.74 Å². The highest BCUT2D eigenvalue weighted by atomic mass is 16.6. The fraction of sp³-hybridized carbons (Fsp3) is 0.900. The zero-order valence-electron chi connectivity index (χ0n) is 9.68. The molecule has 0 aliphatic heterocycles. The normalized spacial score (nSPS) is 11.4. The number of carbonyl (C=O) groups is 1. The summed E-state index contributed by atoms with van der Waals surface area (Å²) in [6.07, 6.45) is 0. The van der Waals surface area contributed by atoms with Gasteiger partial charge in [-0.3, -0.25) is 4.79 Å². The standard InChI is InChI=1S/C10H20O2.H3N/c1-7(2)10(6,8(3)4)12-9(5)11;/h7-8H,1-6H3;1H3. The minimum Gasteiger partial charge on any atom is -0.459 e. The number of ether oxygens (including phenoxy) is 1. The third-order valence-corrected chi connectivity index (χ3v) is 2.66. The second kappa shape index (κ2) is 5.22. The summed E-state index contributed by atoms with van der Waals surface area (Å²) in [6.45, 7) is 11.7. The zero-order chi connectivity index (χ0) is 9.94. The number of esters is 1. The van der Waals surface area contributed by atoms with Crippen LogP contribution in [0.4, 0.5) is 0 Å². The molecular weight excluding hydrogens is 166 g/mol. The average molecular weight is 189 g/mol. The van der Waals surface area contributed by atoms with E-state index >= 15 is 0 Å². The first-order valence-corrected chi connectivity index (χ1v) is 4.50. The quantitative estimate of drug-likeness (QED) is 0.694. The third kappa shape index (κ3) is 3.77. The molecule has 3 heteroatoms. The summed E-state index contributed by atoms with van der Waals surface area (Å²) >= 11 is 0. The predicted molar refractivity (Wildman–Crippen MR) is 54.9 cm³/mol. The number of hydrogen-bond donors (Lipinski definition) is 1. The van der Waals surface area contributed by atoms with Crippen molar-refractivity contribution in [2.75, 3.05) is 0 Å². The van der Waals surface area contributed by atoms with Crippen LogP contribution < -0.4 is 6.15 Å². The van der Waals surface area contributed by atoms with Crippen LogP contribution in [-0.4, -0.2) is 11.6 Å². The molecule has 0 fully saturated rings. The van der Waals surface area contributed by atoms with E-state index in [1.54, 1.807) is 0 Å². The van der Waals surface area contributed by atoms with Crippen molar-refractivity contribution in [3.05, 3.63) is 0 Å². The van der Waals surface area contributed by atoms with E-state index in [0.29, 0.717) is 11.8 Å². The molecule has 0 heterocycles. The molecule has 0 aliphatic carbocycles. The summed E-state index contributed by atoms with van der Waals surface area (Å²) in [5, 5.41) is 0. The SMILES string of the molecule is CC(=O)OC(C)(C(C)C)C(C)C.N. The molecular formula is C10H23NO2. The van der Waals surface area contributed by atoms with Crippen molar-refractivity contribution in [1.82, 2.24) is 6.15 Å². The number of hydrogen-bond acceptors (Lipinski definition) is 3. The molecule has 0 aromatic carbocycles. The molecule has 0 aliphatic rings. The summed E-state index contributed by atoms with van der Waals surface area (Å²) in [7, 11) is 0. The lowest BCUT2D eigenvalue weighted by molar-refractivity contribution is -0.165. The van der Waals surface area contributed by atoms with Crippen molar-refractivity contribution in [3.63, 3.8) is 0 Å². The van der Waals surface area contributed by atoms with Crippen molar-refractivity contribution in [1.29, 1.82) is 0 Å². The van der Waals surface area contributed by atoms with Gasteiger partial charge < -0.3 is 10.9 Å². The van der Waals surface area contributed by atoms with Crippen LogP contribution in [-0.2, 0) is 9.53 Å². The van der Waals surface area contributed by atoms with Gasteiger partial charge in [0.05, 0.1) is 0 Å². The van der Waals surface area contributed by atoms with Crippen LogP contribution in [0.25, 0.3) is 0 Å². The van der Waals surface area contributed by atoms with Crippen LogP contribution in [0.2, 0.25) is 0 Å². The van der Waals surface area contributed by atoms with Gasteiger partial charge in [-0.2, -0.15) is 0 Å². The second-order valence-electron chi connectivity index (χ2n) is 4.09. The van der Waals surface area contributed by atoms with Crippen molar-refractivity contribution in [3.8, 4) is 0 Å². The van der Waals surface area contributed by atoms with Gasteiger partial charge in [-0.05, 0) is 18.8 Å². The topological polar surface area (TPSA) is 61.3 Å². The molecule has 13 heavy (non-hydrogen) atoms. The van der Waals surface area contributed by atoms with Crippen LogP contribution in [0.15, 0.2) is 0 Å². The van der Waals surface area contributed by atoms with Crippen LogP contribution in [0.5, 0.6) is 0 Å². The Morgan fingerprint density at radius 1 is 1.15 bits per heavy atom. The van der Waals surface area contributed by atoms with Gasteiger partial charge >= 0.3 is 5.97 Å². The Balaban J connectivity index is 0. The fourth-order valence-electron chi connectivity index (χ4n) is 1.21. The van der Waals surface area contributed by atoms with E-state index in [9.17, 15) is 4.79 Å². The third-order valence-electron chi connectivity index (χ3n) is 2.66. The van der Waals surface area contributed by atoms with E-state index in [0.717, 1.165) is 0 Å². The summed E-state index contributed by atoms with van der Waals surface area (Å²) in [6, 6.07) is 0. The van der Waals surface area contributed by atoms with Crippen molar-refractivity contribution < 1.29 is 9.53 Å². The van der Waals surface area contributed by atoms with Crippen LogP contribution in [0.1, 0.15) is 41.5 Å². The molecule has 3 N–H and O–H groups in total. The fourth-order valence-corrected chi connectivity index (χ4v) is 1.21. The average Bonchev–Trinajstić information content (AvgIpc) is 1.84. The van der Waals surface area contributed by atoms with Crippen molar-refractivity contribution in [2.45, 2.75) is 47.1 Å². The molecule has 0 unspecified atom stereocenters. The van der Waals surface area contributed by atoms with Crippen molar-refractivity contribution in [2.24, 2.45) is 11.8 Å². The maximum Gasteiger partial charge on any atom is 0.303 e. The Labute approximate surface area is 81.4 Å². The molecule has 80 valence electrons. The Morgan fingerprint density at radius 2 is 1.46 bits per heavy atom. The Bertz CT molecular complexity index is 156. The first-order valence-electron chi connectivity index (χ1n) is 4.50. The monoisotopic (exact) mass is 189 g/mol. The molecule has 0 rings (SSSR count). The number of carbonyl (C=O) groups excluding carboxylic acids is 1. The van der Waals surface area contributed by atoms with Gasteiger partial charge in [0.25, 0.3) is 0 Å².